The lowest BCUT2D eigenvalue weighted by Crippen LogP contribution is -2.47. The summed E-state index contributed by atoms with van der Waals surface area (Å²) in [5, 5.41) is 50.8. The maximum atomic E-state index is 13.8. The lowest BCUT2D eigenvalue weighted by molar-refractivity contribution is -0.142. The number of rotatable bonds is 35. The number of benzene rings is 1. The second-order valence-corrected chi connectivity index (χ2v) is 17.5. The quantitative estimate of drug-likeness (QED) is 0.0198. The number of carbonyl (C=O) groups excluding carboxylic acids is 5. The van der Waals surface area contributed by atoms with Crippen molar-refractivity contribution in [1.82, 2.24) is 31.9 Å². The van der Waals surface area contributed by atoms with E-state index in [-0.39, 0.29) is 88.7 Å². The van der Waals surface area contributed by atoms with Crippen LogP contribution in [0.25, 0.3) is 0 Å². The van der Waals surface area contributed by atoms with Gasteiger partial charge in [0.05, 0.1) is 18.3 Å². The van der Waals surface area contributed by atoms with Crippen molar-refractivity contribution in [3.63, 3.8) is 0 Å². The van der Waals surface area contributed by atoms with Crippen LogP contribution in [0, 0.1) is 11.3 Å². The van der Waals surface area contributed by atoms with E-state index in [0.29, 0.717) is 44.1 Å². The topological polar surface area (TPSA) is 384 Å². The Balaban J connectivity index is 2.79. The molecule has 16 N–H and O–H groups in total. The molecular formula is C40H65N11O11S2. The zero-order chi connectivity index (χ0) is 47.9. The number of unbranched alkanes of at least 4 members (excludes halogenated alkanes) is 2. The van der Waals surface area contributed by atoms with Gasteiger partial charge in [0, 0.05) is 62.9 Å². The average molecular weight is 940 g/mol. The highest BCUT2D eigenvalue weighted by Gasteiger charge is 2.30. The van der Waals surface area contributed by atoms with E-state index < -0.39 is 71.6 Å². The summed E-state index contributed by atoms with van der Waals surface area (Å²) >= 11 is 0. The van der Waals surface area contributed by atoms with Gasteiger partial charge in [-0.2, -0.15) is 0 Å². The predicted octanol–water partition coefficient (Wildman–Crippen LogP) is 1.40. The normalized spacial score (nSPS) is 12.6. The van der Waals surface area contributed by atoms with E-state index in [1.807, 2.05) is 6.92 Å². The molecule has 22 nitrogen and oxygen atoms in total. The fourth-order valence-electron chi connectivity index (χ4n) is 5.93. The molecule has 1 rings (SSSR count). The standard InChI is InChI=1S/C40H65N11O11S2/c1-2-63-64-24-30(37(59)60)50-35(56)27(9-7-19-45-38(43)44)22-31(52)28(10-3-4-12-32(41)42)49-33(53)21-25-14-16-26(17-15-25)23-48-39(61)46-18-6-5-11-29(36(57)58)51-40(62)47-20-8-13-34(54)55/h14-17,27-30H,2-13,18-24H2,1H3,(H3,41,42)(H,49,53)(H,50,56)(H,54,55)(H,57,58)(H,59,60)(H4,43,44,45)(H2,46,48,61)(H2,47,51,62)/t27-,28+,29+,30+/m1/s1. The molecule has 0 saturated heterocycles. The molecule has 0 aromatic heterocycles. The zero-order valence-corrected chi connectivity index (χ0v) is 37.8. The van der Waals surface area contributed by atoms with Gasteiger partial charge in [0.1, 0.15) is 12.1 Å². The van der Waals surface area contributed by atoms with Crippen molar-refractivity contribution in [2.75, 3.05) is 31.1 Å². The van der Waals surface area contributed by atoms with Crippen LogP contribution in [0.1, 0.15) is 95.1 Å². The molecule has 64 heavy (non-hydrogen) atoms. The highest BCUT2D eigenvalue weighted by atomic mass is 33.1. The van der Waals surface area contributed by atoms with Crippen LogP contribution >= 0.6 is 21.6 Å². The van der Waals surface area contributed by atoms with Crippen LogP contribution < -0.4 is 49.1 Å². The summed E-state index contributed by atoms with van der Waals surface area (Å²) in [7, 11) is 2.76. The minimum atomic E-state index is -1.23. The Kier molecular flexibility index (Phi) is 28.8. The van der Waals surface area contributed by atoms with Gasteiger partial charge in [-0.15, -0.1) is 0 Å². The van der Waals surface area contributed by atoms with Crippen LogP contribution in [-0.4, -0.2) is 124 Å². The lowest BCUT2D eigenvalue weighted by atomic mass is 9.91. The molecule has 0 bridgehead atoms. The first-order chi connectivity index (χ1) is 30.4. The molecule has 0 unspecified atom stereocenters. The Morgan fingerprint density at radius 3 is 1.94 bits per heavy atom. The third-order valence-electron chi connectivity index (χ3n) is 9.29. The van der Waals surface area contributed by atoms with Gasteiger partial charge >= 0.3 is 30.0 Å². The Labute approximate surface area is 380 Å². The first-order valence-electron chi connectivity index (χ1n) is 21.0. The number of amides is 6. The van der Waals surface area contributed by atoms with Gasteiger partial charge in [-0.25, -0.2) is 19.2 Å². The number of carboxylic acid groups (broad SMARTS) is 3. The SMILES string of the molecule is CCSSC[C@H](NC(=O)[C@H](CCCN=C(N)N)CC(=O)[C@H](CCCCC(=N)N)NC(=O)Cc1ccc(CNC(=O)NCCCC[C@H](NC(=O)NCCCC(=O)O)C(=O)O)cc1)C(=O)O. The summed E-state index contributed by atoms with van der Waals surface area (Å²) in [6, 6.07) is 2.35. The first kappa shape index (κ1) is 56.2. The van der Waals surface area contributed by atoms with Crippen molar-refractivity contribution in [1.29, 1.82) is 5.41 Å². The van der Waals surface area contributed by atoms with Crippen molar-refractivity contribution < 1.29 is 53.7 Å². The fourth-order valence-corrected chi connectivity index (χ4v) is 7.75. The minimum Gasteiger partial charge on any atom is -0.481 e. The van der Waals surface area contributed by atoms with Crippen LogP contribution in [0.5, 0.6) is 0 Å². The van der Waals surface area contributed by atoms with Gasteiger partial charge in [-0.05, 0) is 62.5 Å². The summed E-state index contributed by atoms with van der Waals surface area (Å²) in [5.74, 6) is -5.16. The third kappa shape index (κ3) is 27.3. The third-order valence-corrected chi connectivity index (χ3v) is 11.8. The number of Topliss-reactive ketones (excluding diaryl/α,β-unsaturated/α-hetero) is 1. The smallest absolute Gasteiger partial charge is 0.327 e. The molecule has 6 amide bonds. The molecule has 1 aromatic carbocycles. The van der Waals surface area contributed by atoms with E-state index in [9.17, 15) is 48.6 Å². The van der Waals surface area contributed by atoms with E-state index >= 15 is 0 Å². The number of carboxylic acids is 3. The van der Waals surface area contributed by atoms with Crippen molar-refractivity contribution in [2.24, 2.45) is 28.1 Å². The highest BCUT2D eigenvalue weighted by molar-refractivity contribution is 8.76. The van der Waals surface area contributed by atoms with E-state index in [0.717, 1.165) is 11.3 Å². The van der Waals surface area contributed by atoms with Gasteiger partial charge in [0.25, 0.3) is 0 Å². The fraction of sp³-hybridized carbons (Fsp3) is 0.600. The van der Waals surface area contributed by atoms with Crippen molar-refractivity contribution >= 4 is 81.0 Å². The van der Waals surface area contributed by atoms with Crippen molar-refractivity contribution in [2.45, 2.75) is 115 Å². The molecule has 0 fully saturated rings. The molecule has 0 saturated carbocycles. The van der Waals surface area contributed by atoms with Gasteiger partial charge in [0.2, 0.25) is 11.8 Å². The number of urea groups is 2. The van der Waals surface area contributed by atoms with E-state index in [1.165, 1.54) is 21.6 Å². The molecule has 0 radical (unpaired) electrons. The largest absolute Gasteiger partial charge is 0.481 e. The Hall–Kier alpha value is -5.78. The number of hydrogen-bond donors (Lipinski definition) is 13. The second-order valence-electron chi connectivity index (χ2n) is 14.7. The minimum absolute atomic E-state index is 0.0145. The number of nitrogens with one attached hydrogen (secondary N) is 7. The van der Waals surface area contributed by atoms with Gasteiger partial charge in [-0.3, -0.25) is 29.6 Å². The first-order valence-corrected chi connectivity index (χ1v) is 23.5. The zero-order valence-electron chi connectivity index (χ0n) is 36.2. The van der Waals surface area contributed by atoms with Gasteiger partial charge in [-0.1, -0.05) is 59.2 Å². The number of amidine groups is 1. The molecule has 0 aliphatic heterocycles. The molecular weight excluding hydrogens is 875 g/mol. The van der Waals surface area contributed by atoms with Gasteiger partial charge < -0.3 is 64.4 Å². The number of aliphatic imine (C=N–C) groups is 1. The molecule has 0 heterocycles. The van der Waals surface area contributed by atoms with Crippen LogP contribution in [-0.2, 0) is 41.7 Å². The lowest BCUT2D eigenvalue weighted by Gasteiger charge is -2.23. The number of nitrogens with two attached hydrogens (primary N) is 3. The van der Waals surface area contributed by atoms with Gasteiger partial charge in [0.15, 0.2) is 11.7 Å². The van der Waals surface area contributed by atoms with E-state index in [4.69, 9.17) is 27.7 Å². The number of carbonyl (C=O) groups is 8. The number of guanidine groups is 1. The molecule has 0 aliphatic carbocycles. The number of aliphatic carboxylic acids is 3. The Morgan fingerprint density at radius 2 is 1.31 bits per heavy atom. The van der Waals surface area contributed by atoms with Crippen LogP contribution in [0.3, 0.4) is 0 Å². The average Bonchev–Trinajstić information content (AvgIpc) is 3.22. The molecule has 24 heteroatoms. The van der Waals surface area contributed by atoms with Crippen LogP contribution in [0.2, 0.25) is 0 Å². The molecule has 1 aromatic rings. The summed E-state index contributed by atoms with van der Waals surface area (Å²) in [5.41, 5.74) is 17.7. The summed E-state index contributed by atoms with van der Waals surface area (Å²) in [6.07, 6.45) is 2.58. The number of hydrogen-bond acceptors (Lipinski definition) is 12. The van der Waals surface area contributed by atoms with E-state index in [1.54, 1.807) is 24.3 Å². The summed E-state index contributed by atoms with van der Waals surface area (Å²) < 4.78 is 0. The monoisotopic (exact) mass is 939 g/mol. The molecule has 4 atom stereocenters. The highest BCUT2D eigenvalue weighted by Crippen LogP contribution is 2.22. The molecule has 358 valence electrons. The van der Waals surface area contributed by atoms with E-state index in [2.05, 4.69) is 36.9 Å². The number of nitrogens with zero attached hydrogens (tertiary/aromatic N) is 1. The predicted molar refractivity (Wildman–Crippen MR) is 245 cm³/mol. The van der Waals surface area contributed by atoms with Crippen molar-refractivity contribution in [3.8, 4) is 0 Å². The van der Waals surface area contributed by atoms with Crippen LogP contribution in [0.15, 0.2) is 29.3 Å². The second kappa shape index (κ2) is 32.8. The summed E-state index contributed by atoms with van der Waals surface area (Å²) in [6.45, 7) is 2.58. The Bertz CT molecular complexity index is 1720. The summed E-state index contributed by atoms with van der Waals surface area (Å²) in [4.78, 5) is 103. The molecule has 0 aliphatic rings. The number of ketones is 1. The maximum absolute atomic E-state index is 13.8. The Morgan fingerprint density at radius 1 is 0.688 bits per heavy atom. The maximum Gasteiger partial charge on any atom is 0.327 e. The molecule has 0 spiro atoms. The van der Waals surface area contributed by atoms with Crippen LogP contribution in [0.4, 0.5) is 9.59 Å². The van der Waals surface area contributed by atoms with Crippen molar-refractivity contribution in [3.05, 3.63) is 35.4 Å².